The zero-order valence-electron chi connectivity index (χ0n) is 8.20. The van der Waals surface area contributed by atoms with Gasteiger partial charge in [-0.3, -0.25) is 0 Å². The molecular formula is C11H13BrO2. The molecule has 0 amide bonds. The van der Waals surface area contributed by atoms with Crippen LogP contribution in [0.25, 0.3) is 0 Å². The highest BCUT2D eigenvalue weighted by Crippen LogP contribution is 2.37. The first-order valence-electron chi connectivity index (χ1n) is 4.45. The molecule has 2 nitrogen and oxygen atoms in total. The fraction of sp³-hybridized carbons (Fsp3) is 0.364. The van der Waals surface area contributed by atoms with Crippen LogP contribution in [0.4, 0.5) is 0 Å². The van der Waals surface area contributed by atoms with Gasteiger partial charge in [0.05, 0.1) is 0 Å². The Morgan fingerprint density at radius 2 is 1.86 bits per heavy atom. The molecule has 0 bridgehead atoms. The van der Waals surface area contributed by atoms with Gasteiger partial charge in [0.2, 0.25) is 0 Å². The lowest BCUT2D eigenvalue weighted by molar-refractivity contribution is -0.110. The van der Waals surface area contributed by atoms with Crippen molar-refractivity contribution in [2.75, 3.05) is 0 Å². The maximum atomic E-state index is 11.0. The molecule has 76 valence electrons. The van der Waals surface area contributed by atoms with Crippen LogP contribution in [0.15, 0.2) is 24.3 Å². The molecule has 0 aliphatic heterocycles. The number of aldehydes is 1. The second-order valence-corrected chi connectivity index (χ2v) is 4.90. The molecule has 0 saturated heterocycles. The monoisotopic (exact) mass is 256 g/mol. The zero-order chi connectivity index (χ0) is 10.8. The average Bonchev–Trinajstić information content (AvgIpc) is 2.17. The first-order chi connectivity index (χ1) is 6.50. The van der Waals surface area contributed by atoms with Gasteiger partial charge >= 0.3 is 0 Å². The van der Waals surface area contributed by atoms with E-state index < -0.39 is 4.32 Å². The summed E-state index contributed by atoms with van der Waals surface area (Å²) in [6, 6.07) is 6.66. The van der Waals surface area contributed by atoms with Gasteiger partial charge in [0.1, 0.15) is 16.4 Å². The number of alkyl halides is 1. The Balaban J connectivity index is 3.13. The molecule has 0 aliphatic rings. The fourth-order valence-corrected chi connectivity index (χ4v) is 1.52. The molecule has 0 heterocycles. The van der Waals surface area contributed by atoms with Gasteiger partial charge in [0.15, 0.2) is 0 Å². The SMILES string of the molecule is CC(C)C(Br)(C=O)c1ccc(O)cc1. The van der Waals surface area contributed by atoms with E-state index in [9.17, 15) is 4.79 Å². The normalized spacial score (nSPS) is 15.1. The summed E-state index contributed by atoms with van der Waals surface area (Å²) in [5, 5.41) is 9.13. The Hall–Kier alpha value is -0.830. The molecule has 1 aromatic rings. The van der Waals surface area contributed by atoms with E-state index in [2.05, 4.69) is 15.9 Å². The second-order valence-electron chi connectivity index (χ2n) is 3.59. The van der Waals surface area contributed by atoms with Gasteiger partial charge in [-0.05, 0) is 23.6 Å². The highest BCUT2D eigenvalue weighted by molar-refractivity contribution is 9.10. The fourth-order valence-electron chi connectivity index (χ4n) is 1.25. The third kappa shape index (κ3) is 1.98. The lowest BCUT2D eigenvalue weighted by atomic mass is 9.89. The van der Waals surface area contributed by atoms with Gasteiger partial charge in [0.25, 0.3) is 0 Å². The highest BCUT2D eigenvalue weighted by atomic mass is 79.9. The molecule has 0 radical (unpaired) electrons. The van der Waals surface area contributed by atoms with E-state index in [0.717, 1.165) is 11.8 Å². The Labute approximate surface area is 92.1 Å². The number of halogens is 1. The van der Waals surface area contributed by atoms with Crippen molar-refractivity contribution >= 4 is 22.2 Å². The molecule has 0 aliphatic carbocycles. The molecule has 1 unspecified atom stereocenters. The van der Waals surface area contributed by atoms with Gasteiger partial charge in [-0.15, -0.1) is 0 Å². The minimum atomic E-state index is -0.652. The number of benzene rings is 1. The number of carbonyl (C=O) groups is 1. The van der Waals surface area contributed by atoms with Crippen molar-refractivity contribution in [3.8, 4) is 5.75 Å². The highest BCUT2D eigenvalue weighted by Gasteiger charge is 2.32. The minimum absolute atomic E-state index is 0.157. The van der Waals surface area contributed by atoms with Gasteiger partial charge in [-0.1, -0.05) is 41.9 Å². The zero-order valence-corrected chi connectivity index (χ0v) is 9.78. The van der Waals surface area contributed by atoms with Crippen molar-refractivity contribution < 1.29 is 9.90 Å². The van der Waals surface area contributed by atoms with Crippen LogP contribution >= 0.6 is 15.9 Å². The molecule has 3 heteroatoms. The quantitative estimate of drug-likeness (QED) is 0.667. The van der Waals surface area contributed by atoms with Gasteiger partial charge in [0, 0.05) is 0 Å². The van der Waals surface area contributed by atoms with Crippen LogP contribution in [-0.4, -0.2) is 11.4 Å². The van der Waals surface area contributed by atoms with Crippen LogP contribution in [0, 0.1) is 5.92 Å². The summed E-state index contributed by atoms with van der Waals surface area (Å²) in [6.45, 7) is 3.94. The Morgan fingerprint density at radius 3 is 2.21 bits per heavy atom. The van der Waals surface area contributed by atoms with Crippen LogP contribution in [0.5, 0.6) is 5.75 Å². The minimum Gasteiger partial charge on any atom is -0.508 e. The number of aromatic hydroxyl groups is 1. The molecule has 14 heavy (non-hydrogen) atoms. The van der Waals surface area contributed by atoms with Crippen LogP contribution in [0.1, 0.15) is 19.4 Å². The van der Waals surface area contributed by atoms with Crippen molar-refractivity contribution in [3.63, 3.8) is 0 Å². The number of hydrogen-bond acceptors (Lipinski definition) is 2. The largest absolute Gasteiger partial charge is 0.508 e. The third-order valence-electron chi connectivity index (χ3n) is 2.32. The maximum absolute atomic E-state index is 11.0. The molecule has 0 saturated carbocycles. The number of rotatable bonds is 3. The number of hydrogen-bond donors (Lipinski definition) is 1. The molecule has 0 aromatic heterocycles. The second kappa shape index (κ2) is 4.13. The third-order valence-corrected chi connectivity index (χ3v) is 3.88. The van der Waals surface area contributed by atoms with Gasteiger partial charge < -0.3 is 9.90 Å². The van der Waals surface area contributed by atoms with E-state index in [1.807, 2.05) is 13.8 Å². The first-order valence-corrected chi connectivity index (χ1v) is 5.24. The van der Waals surface area contributed by atoms with Crippen LogP contribution in [0.2, 0.25) is 0 Å². The molecule has 1 aromatic carbocycles. The van der Waals surface area contributed by atoms with E-state index in [1.165, 1.54) is 0 Å². The maximum Gasteiger partial charge on any atom is 0.141 e. The summed E-state index contributed by atoms with van der Waals surface area (Å²) in [7, 11) is 0. The predicted molar refractivity (Wildman–Crippen MR) is 59.6 cm³/mol. The van der Waals surface area contributed by atoms with Crippen molar-refractivity contribution in [2.24, 2.45) is 5.92 Å². The molecule has 0 spiro atoms. The molecular weight excluding hydrogens is 244 g/mol. The number of phenolic OH excluding ortho intramolecular Hbond substituents is 1. The van der Waals surface area contributed by atoms with Crippen molar-refractivity contribution in [3.05, 3.63) is 29.8 Å². The van der Waals surface area contributed by atoms with Crippen molar-refractivity contribution in [1.29, 1.82) is 0 Å². The summed E-state index contributed by atoms with van der Waals surface area (Å²) < 4.78 is -0.652. The smallest absolute Gasteiger partial charge is 0.141 e. The lowest BCUT2D eigenvalue weighted by Gasteiger charge is -2.25. The van der Waals surface area contributed by atoms with E-state index in [1.54, 1.807) is 24.3 Å². The molecule has 0 fully saturated rings. The molecule has 1 N–H and O–H groups in total. The van der Waals surface area contributed by atoms with Crippen LogP contribution < -0.4 is 0 Å². The summed E-state index contributed by atoms with van der Waals surface area (Å²) >= 11 is 3.43. The van der Waals surface area contributed by atoms with E-state index in [0.29, 0.717) is 0 Å². The van der Waals surface area contributed by atoms with Crippen LogP contribution in [0.3, 0.4) is 0 Å². The predicted octanol–water partition coefficient (Wildman–Crippen LogP) is 2.84. The van der Waals surface area contributed by atoms with E-state index >= 15 is 0 Å². The standard InChI is InChI=1S/C11H13BrO2/c1-8(2)11(12,7-13)9-3-5-10(14)6-4-9/h3-8,14H,1-2H3. The molecule has 1 atom stereocenters. The topological polar surface area (TPSA) is 37.3 Å². The lowest BCUT2D eigenvalue weighted by Crippen LogP contribution is -2.26. The van der Waals surface area contributed by atoms with Crippen LogP contribution in [-0.2, 0) is 9.12 Å². The average molecular weight is 257 g/mol. The molecule has 1 rings (SSSR count). The Kier molecular flexibility index (Phi) is 3.32. The number of carbonyl (C=O) groups excluding carboxylic acids is 1. The first kappa shape index (κ1) is 11.2. The Bertz CT molecular complexity index is 319. The Morgan fingerprint density at radius 1 is 1.36 bits per heavy atom. The summed E-state index contributed by atoms with van der Waals surface area (Å²) in [6.07, 6.45) is 0.893. The van der Waals surface area contributed by atoms with Crippen molar-refractivity contribution in [2.45, 2.75) is 18.2 Å². The summed E-state index contributed by atoms with van der Waals surface area (Å²) in [4.78, 5) is 11.0. The van der Waals surface area contributed by atoms with Gasteiger partial charge in [-0.25, -0.2) is 0 Å². The summed E-state index contributed by atoms with van der Waals surface area (Å²) in [5.74, 6) is 0.364. The number of phenols is 1. The van der Waals surface area contributed by atoms with E-state index in [4.69, 9.17) is 5.11 Å². The van der Waals surface area contributed by atoms with Crippen molar-refractivity contribution in [1.82, 2.24) is 0 Å². The summed E-state index contributed by atoms with van der Waals surface area (Å²) in [5.41, 5.74) is 0.861. The van der Waals surface area contributed by atoms with Gasteiger partial charge in [-0.2, -0.15) is 0 Å². The van der Waals surface area contributed by atoms with E-state index in [-0.39, 0.29) is 11.7 Å².